The average molecular weight is 136 g/mol. The fourth-order valence-corrected chi connectivity index (χ4v) is 2.51. The van der Waals surface area contributed by atoms with Crippen molar-refractivity contribution in [3.05, 3.63) is 12.2 Å². The van der Waals surface area contributed by atoms with Crippen LogP contribution in [0.1, 0.15) is 6.42 Å². The van der Waals surface area contributed by atoms with Gasteiger partial charge in [-0.3, -0.25) is 0 Å². The molecule has 0 aromatic carbocycles. The summed E-state index contributed by atoms with van der Waals surface area (Å²) in [6.45, 7) is 3.80. The Kier molecular flexibility index (Phi) is 0.868. The van der Waals surface area contributed by atoms with Crippen molar-refractivity contribution in [2.45, 2.75) is 12.5 Å². The van der Waals surface area contributed by atoms with E-state index in [9.17, 15) is 0 Å². The maximum atomic E-state index is 2.51. The highest BCUT2D eigenvalue weighted by Gasteiger charge is 2.44. The summed E-state index contributed by atoms with van der Waals surface area (Å²) in [5.41, 5.74) is 0. The fourth-order valence-electron chi connectivity index (χ4n) is 2.51. The van der Waals surface area contributed by atoms with Crippen molar-refractivity contribution in [3.8, 4) is 0 Å². The molecule has 3 aliphatic heterocycles. The SMILES string of the molecule is C1=CC2C3CCN(C3)N2C1. The smallest absolute Gasteiger partial charge is 0.0471 e. The Labute approximate surface area is 61.1 Å². The Bertz CT molecular complexity index is 188. The molecule has 2 bridgehead atoms. The minimum Gasteiger partial charge on any atom is -0.241 e. The lowest BCUT2D eigenvalue weighted by Crippen LogP contribution is -2.41. The zero-order valence-corrected chi connectivity index (χ0v) is 6.03. The van der Waals surface area contributed by atoms with Gasteiger partial charge in [-0.05, 0) is 12.3 Å². The van der Waals surface area contributed by atoms with Crippen molar-refractivity contribution in [3.63, 3.8) is 0 Å². The predicted molar refractivity (Wildman–Crippen MR) is 39.3 cm³/mol. The van der Waals surface area contributed by atoms with Crippen LogP contribution in [0, 0.1) is 5.92 Å². The van der Waals surface area contributed by atoms with Gasteiger partial charge in [0.05, 0.1) is 0 Å². The van der Waals surface area contributed by atoms with Gasteiger partial charge in [-0.15, -0.1) is 0 Å². The summed E-state index contributed by atoms with van der Waals surface area (Å²) < 4.78 is 0. The van der Waals surface area contributed by atoms with Gasteiger partial charge < -0.3 is 0 Å². The van der Waals surface area contributed by atoms with Crippen LogP contribution in [0.4, 0.5) is 0 Å². The van der Waals surface area contributed by atoms with Crippen LogP contribution in [0.15, 0.2) is 12.2 Å². The van der Waals surface area contributed by atoms with Gasteiger partial charge in [-0.25, -0.2) is 10.0 Å². The van der Waals surface area contributed by atoms with E-state index < -0.39 is 0 Å². The van der Waals surface area contributed by atoms with Crippen molar-refractivity contribution >= 4 is 0 Å². The van der Waals surface area contributed by atoms with E-state index in [2.05, 4.69) is 22.2 Å². The molecule has 2 heteroatoms. The molecule has 0 amide bonds. The number of hydrazine groups is 1. The highest BCUT2D eigenvalue weighted by molar-refractivity contribution is 5.11. The molecule has 0 aromatic rings. The van der Waals surface area contributed by atoms with Gasteiger partial charge in [-0.2, -0.15) is 0 Å². The number of rotatable bonds is 0. The third-order valence-electron chi connectivity index (χ3n) is 3.02. The van der Waals surface area contributed by atoms with Crippen LogP contribution in [0.5, 0.6) is 0 Å². The Morgan fingerprint density at radius 2 is 2.40 bits per heavy atom. The Hall–Kier alpha value is -0.340. The van der Waals surface area contributed by atoms with Crippen molar-refractivity contribution in [1.29, 1.82) is 0 Å². The summed E-state index contributed by atoms with van der Waals surface area (Å²) in [7, 11) is 0. The number of nitrogens with zero attached hydrogens (tertiary/aromatic N) is 2. The quantitative estimate of drug-likeness (QED) is 0.447. The second-order valence-electron chi connectivity index (χ2n) is 3.50. The van der Waals surface area contributed by atoms with E-state index in [0.717, 1.165) is 12.0 Å². The van der Waals surface area contributed by atoms with Crippen molar-refractivity contribution in [1.82, 2.24) is 10.0 Å². The molecule has 0 aliphatic carbocycles. The first-order chi connectivity index (χ1) is 4.95. The van der Waals surface area contributed by atoms with Crippen molar-refractivity contribution < 1.29 is 0 Å². The molecule has 2 saturated heterocycles. The molecule has 0 radical (unpaired) electrons. The van der Waals surface area contributed by atoms with E-state index >= 15 is 0 Å². The molecular weight excluding hydrogens is 124 g/mol. The molecule has 3 aliphatic rings. The highest BCUT2D eigenvalue weighted by Crippen LogP contribution is 2.36. The van der Waals surface area contributed by atoms with Gasteiger partial charge in [-0.1, -0.05) is 12.2 Å². The Balaban J connectivity index is 1.97. The molecule has 3 unspecified atom stereocenters. The standard InChI is InChI=1S/C8H12N2/c1-2-8-7-3-5-9(6-7)10(8)4-1/h1-2,7-8H,3-6H2. The molecule has 3 heterocycles. The first-order valence-electron chi connectivity index (χ1n) is 4.13. The number of hydrogen-bond acceptors (Lipinski definition) is 2. The zero-order chi connectivity index (χ0) is 6.55. The highest BCUT2D eigenvalue weighted by atomic mass is 15.7. The van der Waals surface area contributed by atoms with Crippen LogP contribution in [-0.4, -0.2) is 35.7 Å². The van der Waals surface area contributed by atoms with Crippen molar-refractivity contribution in [2.75, 3.05) is 19.6 Å². The molecule has 10 heavy (non-hydrogen) atoms. The molecule has 2 nitrogen and oxygen atoms in total. The molecule has 3 atom stereocenters. The van der Waals surface area contributed by atoms with Crippen molar-refractivity contribution in [2.24, 2.45) is 5.92 Å². The molecule has 2 fully saturated rings. The molecule has 3 rings (SSSR count). The zero-order valence-electron chi connectivity index (χ0n) is 6.03. The number of hydrogen-bond donors (Lipinski definition) is 0. The van der Waals surface area contributed by atoms with Crippen LogP contribution < -0.4 is 0 Å². The lowest BCUT2D eigenvalue weighted by Gasteiger charge is -2.29. The summed E-state index contributed by atoms with van der Waals surface area (Å²) >= 11 is 0. The summed E-state index contributed by atoms with van der Waals surface area (Å²) in [5.74, 6) is 0.957. The molecule has 0 saturated carbocycles. The van der Waals surface area contributed by atoms with Gasteiger partial charge in [0.15, 0.2) is 0 Å². The Morgan fingerprint density at radius 1 is 1.40 bits per heavy atom. The summed E-state index contributed by atoms with van der Waals surface area (Å²) in [6, 6.07) is 0.786. The van der Waals surface area contributed by atoms with Gasteiger partial charge in [0.25, 0.3) is 0 Å². The molecule has 0 N–H and O–H groups in total. The normalized spacial score (nSPS) is 50.6. The third-order valence-corrected chi connectivity index (χ3v) is 3.02. The molecule has 54 valence electrons. The van der Waals surface area contributed by atoms with E-state index in [0.29, 0.717) is 0 Å². The summed E-state index contributed by atoms with van der Waals surface area (Å²) in [4.78, 5) is 0. The first-order valence-corrected chi connectivity index (χ1v) is 4.13. The van der Waals surface area contributed by atoms with E-state index in [4.69, 9.17) is 0 Å². The maximum Gasteiger partial charge on any atom is 0.0471 e. The van der Waals surface area contributed by atoms with E-state index in [1.54, 1.807) is 0 Å². The van der Waals surface area contributed by atoms with Crippen LogP contribution in [0.25, 0.3) is 0 Å². The van der Waals surface area contributed by atoms with E-state index in [1.165, 1.54) is 26.1 Å². The van der Waals surface area contributed by atoms with Gasteiger partial charge in [0.1, 0.15) is 0 Å². The number of fused-ring (bicyclic) bond motifs is 5. The minimum atomic E-state index is 0.786. The van der Waals surface area contributed by atoms with Gasteiger partial charge >= 0.3 is 0 Å². The topological polar surface area (TPSA) is 6.48 Å². The Morgan fingerprint density at radius 3 is 3.30 bits per heavy atom. The van der Waals surface area contributed by atoms with Crippen LogP contribution in [0.2, 0.25) is 0 Å². The summed E-state index contributed by atoms with van der Waals surface area (Å²) in [5, 5.41) is 5.02. The van der Waals surface area contributed by atoms with Gasteiger partial charge in [0.2, 0.25) is 0 Å². The lowest BCUT2D eigenvalue weighted by molar-refractivity contribution is 0.0195. The fraction of sp³-hybridized carbons (Fsp3) is 0.750. The molecule has 0 aromatic heterocycles. The average Bonchev–Trinajstić information content (AvgIpc) is 2.60. The largest absolute Gasteiger partial charge is 0.241 e. The van der Waals surface area contributed by atoms with E-state index in [-0.39, 0.29) is 0 Å². The molecular formula is C8H12N2. The van der Waals surface area contributed by atoms with E-state index in [1.807, 2.05) is 0 Å². The van der Waals surface area contributed by atoms with Crippen LogP contribution in [0.3, 0.4) is 0 Å². The van der Waals surface area contributed by atoms with Crippen LogP contribution in [-0.2, 0) is 0 Å². The minimum absolute atomic E-state index is 0.786. The first kappa shape index (κ1) is 5.33. The monoisotopic (exact) mass is 136 g/mol. The lowest BCUT2D eigenvalue weighted by atomic mass is 10.0. The predicted octanol–water partition coefficient (Wildman–Crippen LogP) is 0.477. The van der Waals surface area contributed by atoms with Crippen LogP contribution >= 0.6 is 0 Å². The molecule has 0 spiro atoms. The summed E-state index contributed by atoms with van der Waals surface area (Å²) in [6.07, 6.45) is 6.10. The second-order valence-corrected chi connectivity index (χ2v) is 3.50. The second kappa shape index (κ2) is 1.63. The third kappa shape index (κ3) is 0.478. The van der Waals surface area contributed by atoms with Gasteiger partial charge in [0, 0.05) is 25.7 Å². The maximum absolute atomic E-state index is 2.51.